The minimum absolute atomic E-state index is 0.118. The van der Waals surface area contributed by atoms with Crippen molar-refractivity contribution >= 4 is 0 Å². The molecule has 0 spiro atoms. The van der Waals surface area contributed by atoms with Gasteiger partial charge in [0.2, 0.25) is 0 Å². The second-order valence-corrected chi connectivity index (χ2v) is 6.13. The van der Waals surface area contributed by atoms with E-state index in [-0.39, 0.29) is 12.1 Å². The number of nitrogens with one attached hydrogen (secondary N) is 1. The fourth-order valence-corrected chi connectivity index (χ4v) is 3.05. The van der Waals surface area contributed by atoms with Crippen molar-refractivity contribution in [1.82, 2.24) is 10.2 Å². The van der Waals surface area contributed by atoms with E-state index in [4.69, 9.17) is 0 Å². The highest BCUT2D eigenvalue weighted by Gasteiger charge is 2.36. The Morgan fingerprint density at radius 2 is 2.00 bits per heavy atom. The van der Waals surface area contributed by atoms with E-state index in [0.29, 0.717) is 6.04 Å². The molecule has 3 heteroatoms. The number of rotatable bonds is 8. The predicted octanol–water partition coefficient (Wildman–Crippen LogP) is 2.21. The van der Waals surface area contributed by atoms with Crippen LogP contribution in [0.25, 0.3) is 0 Å². The van der Waals surface area contributed by atoms with Gasteiger partial charge in [-0.05, 0) is 44.8 Å². The number of likely N-dealkylation sites (N-methyl/N-ethyl adjacent to an activating group) is 2. The summed E-state index contributed by atoms with van der Waals surface area (Å²) < 4.78 is 0. The van der Waals surface area contributed by atoms with Crippen molar-refractivity contribution in [2.45, 2.75) is 38.3 Å². The van der Waals surface area contributed by atoms with Gasteiger partial charge in [0.1, 0.15) is 0 Å². The third-order valence-corrected chi connectivity index (χ3v) is 4.63. The van der Waals surface area contributed by atoms with Gasteiger partial charge in [-0.15, -0.1) is 0 Å². The average Bonchev–Trinajstić information content (AvgIpc) is 3.31. The molecule has 0 aromatic heterocycles. The molecule has 2 N–H and O–H groups in total. The quantitative estimate of drug-likeness (QED) is 0.764. The Labute approximate surface area is 123 Å². The SMILES string of the molecule is CCNC(CO)(CN(C)C(C)C1CC1)c1ccccc1. The molecule has 0 bridgehead atoms. The van der Waals surface area contributed by atoms with Crippen LogP contribution >= 0.6 is 0 Å². The first-order chi connectivity index (χ1) is 9.63. The molecule has 2 atom stereocenters. The maximum absolute atomic E-state index is 10.1. The molecule has 20 heavy (non-hydrogen) atoms. The Bertz CT molecular complexity index is 405. The smallest absolute Gasteiger partial charge is 0.0797 e. The minimum Gasteiger partial charge on any atom is -0.394 e. The normalized spacial score (nSPS) is 19.9. The lowest BCUT2D eigenvalue weighted by Crippen LogP contribution is -2.54. The Hall–Kier alpha value is -0.900. The first kappa shape index (κ1) is 15.5. The van der Waals surface area contributed by atoms with Gasteiger partial charge in [0.05, 0.1) is 12.1 Å². The molecule has 0 amide bonds. The van der Waals surface area contributed by atoms with Gasteiger partial charge < -0.3 is 15.3 Å². The highest BCUT2D eigenvalue weighted by molar-refractivity contribution is 5.25. The summed E-state index contributed by atoms with van der Waals surface area (Å²) in [7, 11) is 2.17. The van der Waals surface area contributed by atoms with E-state index in [1.807, 2.05) is 18.2 Å². The van der Waals surface area contributed by atoms with Crippen LogP contribution in [-0.4, -0.2) is 42.8 Å². The van der Waals surface area contributed by atoms with Crippen LogP contribution < -0.4 is 5.32 Å². The summed E-state index contributed by atoms with van der Waals surface area (Å²) in [6.45, 7) is 6.20. The molecule has 1 saturated carbocycles. The van der Waals surface area contributed by atoms with Gasteiger partial charge in [0.15, 0.2) is 0 Å². The fraction of sp³-hybridized carbons (Fsp3) is 0.647. The van der Waals surface area contributed by atoms with Gasteiger partial charge in [-0.25, -0.2) is 0 Å². The van der Waals surface area contributed by atoms with E-state index in [2.05, 4.69) is 43.2 Å². The summed E-state index contributed by atoms with van der Waals surface area (Å²) in [6, 6.07) is 10.9. The van der Waals surface area contributed by atoms with Crippen LogP contribution in [0, 0.1) is 5.92 Å². The van der Waals surface area contributed by atoms with Crippen LogP contribution in [0.4, 0.5) is 0 Å². The molecule has 2 unspecified atom stereocenters. The van der Waals surface area contributed by atoms with Crippen LogP contribution in [0.2, 0.25) is 0 Å². The second kappa shape index (κ2) is 6.70. The van der Waals surface area contributed by atoms with Crippen molar-refractivity contribution in [3.8, 4) is 0 Å². The lowest BCUT2D eigenvalue weighted by molar-refractivity contribution is 0.0980. The Balaban J connectivity index is 2.17. The molecule has 112 valence electrons. The van der Waals surface area contributed by atoms with Crippen molar-refractivity contribution in [2.24, 2.45) is 5.92 Å². The van der Waals surface area contributed by atoms with E-state index in [1.54, 1.807) is 0 Å². The molecule has 2 rings (SSSR count). The topological polar surface area (TPSA) is 35.5 Å². The molecule has 1 aliphatic rings. The third kappa shape index (κ3) is 3.40. The van der Waals surface area contributed by atoms with E-state index < -0.39 is 0 Å². The maximum atomic E-state index is 10.1. The lowest BCUT2D eigenvalue weighted by atomic mass is 9.89. The Kier molecular flexibility index (Phi) is 5.19. The van der Waals surface area contributed by atoms with Crippen LogP contribution in [0.1, 0.15) is 32.3 Å². The van der Waals surface area contributed by atoms with Crippen LogP contribution in [-0.2, 0) is 5.54 Å². The fourth-order valence-electron chi connectivity index (χ4n) is 3.05. The second-order valence-electron chi connectivity index (χ2n) is 6.13. The molecule has 3 nitrogen and oxygen atoms in total. The summed E-state index contributed by atoms with van der Waals surface area (Å²) in [5.41, 5.74) is 0.799. The highest BCUT2D eigenvalue weighted by Crippen LogP contribution is 2.35. The van der Waals surface area contributed by atoms with Gasteiger partial charge >= 0.3 is 0 Å². The molecule has 0 aliphatic heterocycles. The summed E-state index contributed by atoms with van der Waals surface area (Å²) in [6.07, 6.45) is 2.70. The van der Waals surface area contributed by atoms with Crippen LogP contribution in [0.3, 0.4) is 0 Å². The first-order valence-electron chi connectivity index (χ1n) is 7.74. The van der Waals surface area contributed by atoms with Crippen LogP contribution in [0.15, 0.2) is 30.3 Å². The van der Waals surface area contributed by atoms with Crippen LogP contribution in [0.5, 0.6) is 0 Å². The van der Waals surface area contributed by atoms with Gasteiger partial charge in [0, 0.05) is 12.6 Å². The average molecular weight is 276 g/mol. The standard InChI is InChI=1S/C17H28N2O/c1-4-18-17(13-20,16-8-6-5-7-9-16)12-19(3)14(2)15-10-11-15/h5-9,14-15,18,20H,4,10-13H2,1-3H3. The largest absolute Gasteiger partial charge is 0.394 e. The van der Waals surface area contributed by atoms with Crippen molar-refractivity contribution in [3.63, 3.8) is 0 Å². The number of nitrogens with zero attached hydrogens (tertiary/aromatic N) is 1. The van der Waals surface area contributed by atoms with Crippen molar-refractivity contribution in [3.05, 3.63) is 35.9 Å². The summed E-state index contributed by atoms with van der Waals surface area (Å²) in [5, 5.41) is 13.6. The maximum Gasteiger partial charge on any atom is 0.0797 e. The van der Waals surface area contributed by atoms with E-state index >= 15 is 0 Å². The summed E-state index contributed by atoms with van der Waals surface area (Å²) >= 11 is 0. The summed E-state index contributed by atoms with van der Waals surface area (Å²) in [5.74, 6) is 0.841. The molecular weight excluding hydrogens is 248 g/mol. The van der Waals surface area contributed by atoms with Gasteiger partial charge in [-0.3, -0.25) is 0 Å². The molecule has 1 aromatic carbocycles. The van der Waals surface area contributed by atoms with E-state index in [1.165, 1.54) is 18.4 Å². The molecule has 0 saturated heterocycles. The first-order valence-corrected chi connectivity index (χ1v) is 7.74. The zero-order valence-corrected chi connectivity index (χ0v) is 13.0. The molecular formula is C17H28N2O. The van der Waals surface area contributed by atoms with Gasteiger partial charge in [0.25, 0.3) is 0 Å². The number of benzene rings is 1. The van der Waals surface area contributed by atoms with E-state index in [9.17, 15) is 5.11 Å². The molecule has 0 radical (unpaired) electrons. The minimum atomic E-state index is -0.367. The van der Waals surface area contributed by atoms with Gasteiger partial charge in [-0.2, -0.15) is 0 Å². The summed E-state index contributed by atoms with van der Waals surface area (Å²) in [4.78, 5) is 2.39. The number of hydrogen-bond acceptors (Lipinski definition) is 3. The monoisotopic (exact) mass is 276 g/mol. The lowest BCUT2D eigenvalue weighted by Gasteiger charge is -2.39. The predicted molar refractivity (Wildman–Crippen MR) is 83.7 cm³/mol. The zero-order chi connectivity index (χ0) is 14.6. The van der Waals surface area contributed by atoms with Crippen molar-refractivity contribution < 1.29 is 5.11 Å². The Morgan fingerprint density at radius 3 is 2.50 bits per heavy atom. The molecule has 0 heterocycles. The zero-order valence-electron chi connectivity index (χ0n) is 13.0. The molecule has 1 aliphatic carbocycles. The van der Waals surface area contributed by atoms with Crippen molar-refractivity contribution in [2.75, 3.05) is 26.7 Å². The third-order valence-electron chi connectivity index (χ3n) is 4.63. The number of hydrogen-bond donors (Lipinski definition) is 2. The van der Waals surface area contributed by atoms with Gasteiger partial charge in [-0.1, -0.05) is 37.3 Å². The number of aliphatic hydroxyl groups excluding tert-OH is 1. The number of aliphatic hydroxyl groups is 1. The molecule has 1 fully saturated rings. The van der Waals surface area contributed by atoms with Crippen molar-refractivity contribution in [1.29, 1.82) is 0 Å². The molecule has 1 aromatic rings. The highest BCUT2D eigenvalue weighted by atomic mass is 16.3. The Morgan fingerprint density at radius 1 is 1.35 bits per heavy atom. The van der Waals surface area contributed by atoms with E-state index in [0.717, 1.165) is 19.0 Å².